The minimum absolute atomic E-state index is 0.0931. The molecule has 0 N–H and O–H groups in total. The maximum atomic E-state index is 12.0. The average Bonchev–Trinajstić information content (AvgIpc) is 2.73. The molecule has 0 amide bonds. The van der Waals surface area contributed by atoms with Crippen LogP contribution in [0.15, 0.2) is 34.9 Å². The Morgan fingerprint density at radius 3 is 1.76 bits per heavy atom. The average molecular weight is 475 g/mol. The van der Waals surface area contributed by atoms with Gasteiger partial charge in [0.05, 0.1) is 0 Å². The summed E-state index contributed by atoms with van der Waals surface area (Å²) in [4.78, 5) is 12.0. The first-order valence-corrected chi connectivity index (χ1v) is 14.2. The highest BCUT2D eigenvalue weighted by molar-refractivity contribution is 5.69. The van der Waals surface area contributed by atoms with Gasteiger partial charge in [-0.1, -0.05) is 102 Å². The number of carbonyl (C=O) groups excluding carboxylic acids is 1. The molecule has 0 aromatic carbocycles. The first-order chi connectivity index (χ1) is 16.1. The fourth-order valence-electron chi connectivity index (χ4n) is 4.29. The third-order valence-electron chi connectivity index (χ3n) is 6.75. The van der Waals surface area contributed by atoms with Crippen LogP contribution in [0.2, 0.25) is 0 Å². The molecule has 0 aromatic rings. The molecule has 0 saturated carbocycles. The SMILES string of the molecule is CC(C)=CCCC(C)=CCCC(=O)OCC=C(C)CCCC(C)CCCC(C)CCCC(C)C. The van der Waals surface area contributed by atoms with E-state index in [0.717, 1.165) is 43.4 Å². The van der Waals surface area contributed by atoms with Crippen molar-refractivity contribution in [1.29, 1.82) is 0 Å². The Hall–Kier alpha value is -1.31. The minimum Gasteiger partial charge on any atom is -0.461 e. The van der Waals surface area contributed by atoms with E-state index in [-0.39, 0.29) is 5.97 Å². The summed E-state index contributed by atoms with van der Waals surface area (Å²) in [6.07, 6.45) is 21.8. The Bertz CT molecular complexity index is 605. The van der Waals surface area contributed by atoms with E-state index in [1.54, 1.807) is 0 Å². The summed E-state index contributed by atoms with van der Waals surface area (Å²) in [6, 6.07) is 0. The van der Waals surface area contributed by atoms with Gasteiger partial charge in [0.2, 0.25) is 0 Å². The van der Waals surface area contributed by atoms with Gasteiger partial charge >= 0.3 is 5.97 Å². The Kier molecular flexibility index (Phi) is 20.2. The molecule has 0 bridgehead atoms. The van der Waals surface area contributed by atoms with E-state index in [4.69, 9.17) is 4.74 Å². The van der Waals surface area contributed by atoms with E-state index < -0.39 is 0 Å². The van der Waals surface area contributed by atoms with Crippen molar-refractivity contribution < 1.29 is 9.53 Å². The van der Waals surface area contributed by atoms with E-state index in [1.807, 2.05) is 0 Å². The molecule has 2 nitrogen and oxygen atoms in total. The molecule has 0 heterocycles. The number of rotatable bonds is 20. The Morgan fingerprint density at radius 1 is 0.647 bits per heavy atom. The molecule has 0 saturated heterocycles. The van der Waals surface area contributed by atoms with Crippen molar-refractivity contribution in [2.24, 2.45) is 17.8 Å². The van der Waals surface area contributed by atoms with Gasteiger partial charge in [0, 0.05) is 6.42 Å². The van der Waals surface area contributed by atoms with Crippen LogP contribution >= 0.6 is 0 Å². The molecule has 2 atom stereocenters. The molecular formula is C32H58O2. The maximum absolute atomic E-state index is 12.0. The predicted molar refractivity (Wildman–Crippen MR) is 151 cm³/mol. The second-order valence-corrected chi connectivity index (χ2v) is 11.5. The number of ether oxygens (including phenoxy) is 1. The molecule has 0 fully saturated rings. The zero-order chi connectivity index (χ0) is 25.8. The van der Waals surface area contributed by atoms with Gasteiger partial charge in [0.1, 0.15) is 6.61 Å². The van der Waals surface area contributed by atoms with Crippen LogP contribution in [0.25, 0.3) is 0 Å². The van der Waals surface area contributed by atoms with E-state index in [0.29, 0.717) is 13.0 Å². The molecule has 0 spiro atoms. The van der Waals surface area contributed by atoms with Crippen LogP contribution in [0.5, 0.6) is 0 Å². The third-order valence-corrected chi connectivity index (χ3v) is 6.75. The molecule has 0 aliphatic rings. The van der Waals surface area contributed by atoms with Gasteiger partial charge < -0.3 is 4.74 Å². The molecule has 34 heavy (non-hydrogen) atoms. The van der Waals surface area contributed by atoms with Crippen molar-refractivity contribution in [1.82, 2.24) is 0 Å². The van der Waals surface area contributed by atoms with E-state index in [2.05, 4.69) is 73.6 Å². The smallest absolute Gasteiger partial charge is 0.306 e. The van der Waals surface area contributed by atoms with Crippen molar-refractivity contribution in [3.8, 4) is 0 Å². The summed E-state index contributed by atoms with van der Waals surface area (Å²) < 4.78 is 5.40. The van der Waals surface area contributed by atoms with Crippen LogP contribution in [-0.4, -0.2) is 12.6 Å². The molecule has 0 aliphatic heterocycles. The van der Waals surface area contributed by atoms with Gasteiger partial charge in [-0.3, -0.25) is 4.79 Å². The van der Waals surface area contributed by atoms with Crippen molar-refractivity contribution in [2.45, 2.75) is 139 Å². The van der Waals surface area contributed by atoms with Gasteiger partial charge in [-0.25, -0.2) is 0 Å². The number of hydrogen-bond acceptors (Lipinski definition) is 2. The topological polar surface area (TPSA) is 26.3 Å². The van der Waals surface area contributed by atoms with Crippen LogP contribution in [-0.2, 0) is 9.53 Å². The van der Waals surface area contributed by atoms with Gasteiger partial charge in [-0.2, -0.15) is 0 Å². The molecular weight excluding hydrogens is 416 g/mol. The van der Waals surface area contributed by atoms with Crippen LogP contribution < -0.4 is 0 Å². The second kappa shape index (κ2) is 21.0. The quantitative estimate of drug-likeness (QED) is 0.129. The number of hydrogen-bond donors (Lipinski definition) is 0. The molecule has 2 heteroatoms. The lowest BCUT2D eigenvalue weighted by Gasteiger charge is -2.15. The fourth-order valence-corrected chi connectivity index (χ4v) is 4.29. The monoisotopic (exact) mass is 474 g/mol. The Labute approximate surface area is 213 Å². The molecule has 0 rings (SSSR count). The zero-order valence-electron chi connectivity index (χ0n) is 24.2. The number of allylic oxidation sites excluding steroid dienone is 5. The summed E-state index contributed by atoms with van der Waals surface area (Å²) in [5, 5.41) is 0. The zero-order valence-corrected chi connectivity index (χ0v) is 24.2. The lowest BCUT2D eigenvalue weighted by atomic mass is 9.91. The molecule has 2 unspecified atom stereocenters. The van der Waals surface area contributed by atoms with Crippen molar-refractivity contribution in [2.75, 3.05) is 6.61 Å². The number of carbonyl (C=O) groups is 1. The van der Waals surface area contributed by atoms with Gasteiger partial charge in [0.25, 0.3) is 0 Å². The van der Waals surface area contributed by atoms with Crippen LogP contribution in [0.1, 0.15) is 139 Å². The molecule has 0 aliphatic carbocycles. The van der Waals surface area contributed by atoms with Crippen molar-refractivity contribution in [3.05, 3.63) is 34.9 Å². The van der Waals surface area contributed by atoms with Crippen LogP contribution in [0, 0.1) is 17.8 Å². The summed E-state index contributed by atoms with van der Waals surface area (Å²) in [6.45, 7) is 18.5. The van der Waals surface area contributed by atoms with Gasteiger partial charge in [-0.05, 0) is 83.6 Å². The predicted octanol–water partition coefficient (Wildman–Crippen LogP) is 10.4. The first kappa shape index (κ1) is 32.7. The van der Waals surface area contributed by atoms with Gasteiger partial charge in [-0.15, -0.1) is 0 Å². The summed E-state index contributed by atoms with van der Waals surface area (Å²) in [7, 11) is 0. The summed E-state index contributed by atoms with van der Waals surface area (Å²) in [5.74, 6) is 2.44. The number of esters is 1. The molecule has 198 valence electrons. The Morgan fingerprint density at radius 2 is 1.18 bits per heavy atom. The summed E-state index contributed by atoms with van der Waals surface area (Å²) >= 11 is 0. The van der Waals surface area contributed by atoms with E-state index >= 15 is 0 Å². The lowest BCUT2D eigenvalue weighted by molar-refractivity contribution is -0.142. The normalized spacial score (nSPS) is 14.3. The highest BCUT2D eigenvalue weighted by atomic mass is 16.5. The molecule has 0 radical (unpaired) electrons. The van der Waals surface area contributed by atoms with E-state index in [9.17, 15) is 4.79 Å². The standard InChI is InChI=1S/C32H58O2/c1-26(2)14-9-16-28(5)18-11-19-30(7)20-12-21-31(8)24-25-34-32(33)23-13-22-29(6)17-10-15-27(3)4/h15,22,24,26,28,30H,9-14,16-21,23,25H2,1-8H3. The first-order valence-electron chi connectivity index (χ1n) is 14.2. The largest absolute Gasteiger partial charge is 0.461 e. The third kappa shape index (κ3) is 22.5. The minimum atomic E-state index is -0.0931. The van der Waals surface area contributed by atoms with Crippen molar-refractivity contribution in [3.63, 3.8) is 0 Å². The fraction of sp³-hybridized carbons (Fsp3) is 0.781. The van der Waals surface area contributed by atoms with E-state index in [1.165, 1.54) is 68.1 Å². The van der Waals surface area contributed by atoms with Crippen LogP contribution in [0.3, 0.4) is 0 Å². The Balaban J connectivity index is 3.84. The second-order valence-electron chi connectivity index (χ2n) is 11.5. The summed E-state index contributed by atoms with van der Waals surface area (Å²) in [5.41, 5.74) is 4.06. The van der Waals surface area contributed by atoms with Crippen molar-refractivity contribution >= 4 is 5.97 Å². The highest BCUT2D eigenvalue weighted by Gasteiger charge is 2.07. The molecule has 0 aromatic heterocycles. The lowest BCUT2D eigenvalue weighted by Crippen LogP contribution is -2.04. The van der Waals surface area contributed by atoms with Crippen LogP contribution in [0.4, 0.5) is 0 Å². The van der Waals surface area contributed by atoms with Gasteiger partial charge in [0.15, 0.2) is 0 Å². The maximum Gasteiger partial charge on any atom is 0.306 e. The highest BCUT2D eigenvalue weighted by Crippen LogP contribution is 2.22.